The molecule has 0 radical (unpaired) electrons. The van der Waals surface area contributed by atoms with Crippen LogP contribution in [0.3, 0.4) is 0 Å². The highest BCUT2D eigenvalue weighted by Gasteiger charge is 2.62. The van der Waals surface area contributed by atoms with E-state index >= 15 is 0 Å². The Morgan fingerprint density at radius 1 is 1.14 bits per heavy atom. The van der Waals surface area contributed by atoms with E-state index in [1.165, 1.54) is 38.5 Å². The topological polar surface area (TPSA) is 29.5 Å². The van der Waals surface area contributed by atoms with E-state index in [9.17, 15) is 4.79 Å². The van der Waals surface area contributed by atoms with Crippen molar-refractivity contribution in [2.75, 3.05) is 19.6 Å². The number of hydrogen-bond donors (Lipinski definition) is 0. The van der Waals surface area contributed by atoms with Crippen molar-refractivity contribution in [1.82, 2.24) is 4.90 Å². The minimum atomic E-state index is 0.00600. The molecule has 2 saturated carbocycles. The summed E-state index contributed by atoms with van der Waals surface area (Å²) in [5, 5.41) is 0. The summed E-state index contributed by atoms with van der Waals surface area (Å²) in [5.74, 6) is 0.741. The Bertz CT molecular complexity index is 398. The maximum atomic E-state index is 12.3. The molecule has 3 aliphatic rings. The summed E-state index contributed by atoms with van der Waals surface area (Å²) in [6.45, 7) is 9.69. The van der Waals surface area contributed by atoms with Crippen molar-refractivity contribution in [3.05, 3.63) is 0 Å². The monoisotopic (exact) mass is 293 g/mol. The third-order valence-electron chi connectivity index (χ3n) is 7.04. The molecule has 1 saturated heterocycles. The van der Waals surface area contributed by atoms with Crippen LogP contribution >= 0.6 is 0 Å². The van der Waals surface area contributed by atoms with Crippen LogP contribution in [0.5, 0.6) is 0 Å². The van der Waals surface area contributed by atoms with Crippen molar-refractivity contribution >= 4 is 5.97 Å². The quantitative estimate of drug-likeness (QED) is 0.744. The molecular formula is C18H31NO2. The summed E-state index contributed by atoms with van der Waals surface area (Å²) in [6, 6.07) is 0. The van der Waals surface area contributed by atoms with Crippen LogP contribution in [0.25, 0.3) is 0 Å². The molecule has 3 fully saturated rings. The molecule has 0 N–H and O–H groups in total. The van der Waals surface area contributed by atoms with E-state index in [4.69, 9.17) is 4.74 Å². The van der Waals surface area contributed by atoms with Gasteiger partial charge in [-0.05, 0) is 56.5 Å². The van der Waals surface area contributed by atoms with Crippen LogP contribution in [0, 0.1) is 16.7 Å². The lowest BCUT2D eigenvalue weighted by Gasteiger charge is -2.38. The number of hydrogen-bond acceptors (Lipinski definition) is 3. The Morgan fingerprint density at radius 2 is 1.81 bits per heavy atom. The summed E-state index contributed by atoms with van der Waals surface area (Å²) < 4.78 is 5.95. The first kappa shape index (κ1) is 15.3. The Balaban J connectivity index is 1.56. The molecule has 0 aromatic heterocycles. The molecule has 0 amide bonds. The molecule has 1 heterocycles. The molecule has 0 spiro atoms. The number of nitrogens with zero attached hydrogens (tertiary/aromatic N) is 1. The minimum absolute atomic E-state index is 0.00600. The second-order valence-corrected chi connectivity index (χ2v) is 8.28. The number of esters is 1. The van der Waals surface area contributed by atoms with Crippen LogP contribution < -0.4 is 0 Å². The van der Waals surface area contributed by atoms with Gasteiger partial charge in [0.05, 0.1) is 6.54 Å². The second kappa shape index (κ2) is 5.57. The molecule has 3 rings (SSSR count). The Hall–Kier alpha value is -0.570. The fraction of sp³-hybridized carbons (Fsp3) is 0.944. The lowest BCUT2D eigenvalue weighted by atomic mass is 9.70. The molecule has 21 heavy (non-hydrogen) atoms. The van der Waals surface area contributed by atoms with Crippen LogP contribution in [0.4, 0.5) is 0 Å². The molecule has 3 heteroatoms. The minimum Gasteiger partial charge on any atom is -0.461 e. The van der Waals surface area contributed by atoms with E-state index in [1.807, 2.05) is 0 Å². The van der Waals surface area contributed by atoms with Gasteiger partial charge in [-0.2, -0.15) is 0 Å². The van der Waals surface area contributed by atoms with E-state index in [-0.39, 0.29) is 17.5 Å². The highest BCUT2D eigenvalue weighted by Crippen LogP contribution is 2.66. The molecular weight excluding hydrogens is 262 g/mol. The van der Waals surface area contributed by atoms with E-state index < -0.39 is 0 Å². The molecule has 1 aliphatic heterocycles. The third kappa shape index (κ3) is 2.62. The first-order valence-corrected chi connectivity index (χ1v) is 8.85. The molecule has 3 atom stereocenters. The SMILES string of the molecule is CC1(C)C2CCC1(C)C(OC(=O)CN1CCCCCC1)C2. The summed E-state index contributed by atoms with van der Waals surface area (Å²) in [6.07, 6.45) is 8.81. The molecule has 3 nitrogen and oxygen atoms in total. The van der Waals surface area contributed by atoms with Crippen molar-refractivity contribution < 1.29 is 9.53 Å². The first-order chi connectivity index (χ1) is 9.93. The molecule has 0 aromatic carbocycles. The summed E-state index contributed by atoms with van der Waals surface area (Å²) in [5.41, 5.74) is 0.507. The fourth-order valence-electron chi connectivity index (χ4n) is 4.98. The molecule has 2 aliphatic carbocycles. The summed E-state index contributed by atoms with van der Waals surface area (Å²) in [7, 11) is 0. The normalized spacial score (nSPS) is 39.2. The zero-order valence-electron chi connectivity index (χ0n) is 14.0. The first-order valence-electron chi connectivity index (χ1n) is 8.85. The smallest absolute Gasteiger partial charge is 0.320 e. The largest absolute Gasteiger partial charge is 0.461 e. The van der Waals surface area contributed by atoms with Gasteiger partial charge in [0.25, 0.3) is 0 Å². The van der Waals surface area contributed by atoms with Gasteiger partial charge in [-0.15, -0.1) is 0 Å². The van der Waals surface area contributed by atoms with Crippen molar-refractivity contribution in [2.45, 2.75) is 71.8 Å². The summed E-state index contributed by atoms with van der Waals surface area (Å²) in [4.78, 5) is 14.6. The van der Waals surface area contributed by atoms with Gasteiger partial charge in [0.2, 0.25) is 0 Å². The van der Waals surface area contributed by atoms with Gasteiger partial charge in [-0.1, -0.05) is 33.6 Å². The number of rotatable bonds is 3. The predicted octanol–water partition coefficient (Wildman–Crippen LogP) is 3.62. The number of carbonyl (C=O) groups is 1. The highest BCUT2D eigenvalue weighted by atomic mass is 16.5. The highest BCUT2D eigenvalue weighted by molar-refractivity contribution is 5.72. The lowest BCUT2D eigenvalue weighted by molar-refractivity contribution is -0.158. The molecule has 2 bridgehead atoms. The standard InChI is InChI=1S/C18H31NO2/c1-17(2)14-8-9-18(17,3)15(12-14)21-16(20)13-19-10-6-4-5-7-11-19/h14-15H,4-13H2,1-3H3. The van der Waals surface area contributed by atoms with Crippen LogP contribution in [0.2, 0.25) is 0 Å². The molecule has 3 unspecified atom stereocenters. The number of fused-ring (bicyclic) bond motifs is 2. The Labute approximate surface area is 129 Å². The average molecular weight is 293 g/mol. The maximum Gasteiger partial charge on any atom is 0.320 e. The van der Waals surface area contributed by atoms with Gasteiger partial charge in [0, 0.05) is 5.41 Å². The fourth-order valence-corrected chi connectivity index (χ4v) is 4.98. The van der Waals surface area contributed by atoms with Crippen LogP contribution in [0.15, 0.2) is 0 Å². The van der Waals surface area contributed by atoms with Crippen molar-refractivity contribution in [3.63, 3.8) is 0 Å². The van der Waals surface area contributed by atoms with Crippen LogP contribution in [-0.4, -0.2) is 36.6 Å². The Kier molecular flexibility index (Phi) is 4.06. The Morgan fingerprint density at radius 3 is 2.33 bits per heavy atom. The van der Waals surface area contributed by atoms with Crippen molar-refractivity contribution in [3.8, 4) is 0 Å². The van der Waals surface area contributed by atoms with Gasteiger partial charge in [-0.25, -0.2) is 0 Å². The number of carbonyl (C=O) groups excluding carboxylic acids is 1. The van der Waals surface area contributed by atoms with Crippen LogP contribution in [0.1, 0.15) is 65.7 Å². The summed E-state index contributed by atoms with van der Waals surface area (Å²) >= 11 is 0. The van der Waals surface area contributed by atoms with Gasteiger partial charge in [-0.3, -0.25) is 9.69 Å². The number of ether oxygens (including phenoxy) is 1. The second-order valence-electron chi connectivity index (χ2n) is 8.28. The zero-order valence-corrected chi connectivity index (χ0v) is 14.0. The van der Waals surface area contributed by atoms with E-state index in [0.29, 0.717) is 12.0 Å². The van der Waals surface area contributed by atoms with Gasteiger partial charge < -0.3 is 4.74 Å². The molecule has 0 aromatic rings. The zero-order chi connectivity index (χ0) is 15.1. The van der Waals surface area contributed by atoms with Crippen LogP contribution in [-0.2, 0) is 9.53 Å². The number of likely N-dealkylation sites (tertiary alicyclic amines) is 1. The van der Waals surface area contributed by atoms with Crippen molar-refractivity contribution in [1.29, 1.82) is 0 Å². The van der Waals surface area contributed by atoms with E-state index in [1.54, 1.807) is 0 Å². The van der Waals surface area contributed by atoms with Gasteiger partial charge in [0.15, 0.2) is 0 Å². The lowest BCUT2D eigenvalue weighted by Crippen LogP contribution is -2.40. The van der Waals surface area contributed by atoms with E-state index in [2.05, 4.69) is 25.7 Å². The third-order valence-corrected chi connectivity index (χ3v) is 7.04. The van der Waals surface area contributed by atoms with E-state index in [0.717, 1.165) is 25.4 Å². The molecule has 120 valence electrons. The van der Waals surface area contributed by atoms with Crippen molar-refractivity contribution in [2.24, 2.45) is 16.7 Å². The maximum absolute atomic E-state index is 12.3. The van der Waals surface area contributed by atoms with Gasteiger partial charge in [0.1, 0.15) is 6.10 Å². The average Bonchev–Trinajstić information content (AvgIpc) is 2.69. The predicted molar refractivity (Wildman–Crippen MR) is 84.0 cm³/mol. The van der Waals surface area contributed by atoms with Gasteiger partial charge >= 0.3 is 5.97 Å².